The number of fused-ring (bicyclic) bond motifs is 1. The summed E-state index contributed by atoms with van der Waals surface area (Å²) in [5.74, 6) is 0.963. The first-order valence-corrected chi connectivity index (χ1v) is 7.51. The quantitative estimate of drug-likeness (QED) is 0.933. The maximum absolute atomic E-state index is 13.8. The molecule has 1 heterocycles. The van der Waals surface area contributed by atoms with Crippen molar-refractivity contribution in [2.75, 3.05) is 12.4 Å². The van der Waals surface area contributed by atoms with Gasteiger partial charge in [-0.1, -0.05) is 30.3 Å². The molecule has 0 aromatic heterocycles. The Bertz CT molecular complexity index is 615. The fourth-order valence-corrected chi connectivity index (χ4v) is 3.62. The molecule has 3 rings (SSSR count). The molecule has 1 N–H and O–H groups in total. The summed E-state index contributed by atoms with van der Waals surface area (Å²) in [7, 11) is 0. The van der Waals surface area contributed by atoms with E-state index in [0.717, 1.165) is 5.75 Å². The number of aliphatic hydroxyl groups is 1. The Hall–Kier alpha value is -1.52. The summed E-state index contributed by atoms with van der Waals surface area (Å²) in [6.45, 7) is 0.209. The predicted molar refractivity (Wildman–Crippen MR) is 77.7 cm³/mol. The van der Waals surface area contributed by atoms with Gasteiger partial charge in [0.15, 0.2) is 11.6 Å². The Balaban J connectivity index is 1.75. The first kappa shape index (κ1) is 13.5. The molecule has 2 nitrogen and oxygen atoms in total. The van der Waals surface area contributed by atoms with Gasteiger partial charge in [-0.05, 0) is 17.7 Å². The summed E-state index contributed by atoms with van der Waals surface area (Å²) < 4.78 is 19.4. The normalized spacial score (nSPS) is 17.0. The zero-order chi connectivity index (χ0) is 13.9. The second kappa shape index (κ2) is 5.85. The molecule has 1 unspecified atom stereocenters. The number of rotatable bonds is 4. The number of para-hydroxylation sites is 1. The van der Waals surface area contributed by atoms with Crippen LogP contribution in [0.3, 0.4) is 0 Å². The molecule has 20 heavy (non-hydrogen) atoms. The summed E-state index contributed by atoms with van der Waals surface area (Å²) in [5, 5.41) is 9.24. The minimum Gasteiger partial charge on any atom is -0.489 e. The molecule has 0 bridgehead atoms. The second-order valence-corrected chi connectivity index (χ2v) is 5.80. The average Bonchev–Trinajstić information content (AvgIpc) is 2.89. The Kier molecular flexibility index (Phi) is 3.94. The van der Waals surface area contributed by atoms with Crippen molar-refractivity contribution < 1.29 is 14.2 Å². The van der Waals surface area contributed by atoms with Crippen LogP contribution < -0.4 is 4.74 Å². The van der Waals surface area contributed by atoms with E-state index in [2.05, 4.69) is 12.1 Å². The van der Waals surface area contributed by atoms with Gasteiger partial charge >= 0.3 is 0 Å². The van der Waals surface area contributed by atoms with E-state index in [1.165, 1.54) is 16.5 Å². The third-order valence-electron chi connectivity index (χ3n) is 3.45. The first-order valence-electron chi connectivity index (χ1n) is 6.52. The molecule has 0 saturated heterocycles. The van der Waals surface area contributed by atoms with E-state index in [1.807, 2.05) is 12.1 Å². The standard InChI is InChI=1S/C16H15FO2S/c17-14-6-3-4-11(8-18)16(14)19-9-12-10-20-15-7-2-1-5-13(12)15/h1-7,12,18H,8-10H2. The van der Waals surface area contributed by atoms with Gasteiger partial charge in [0.2, 0.25) is 0 Å². The molecule has 104 valence electrons. The van der Waals surface area contributed by atoms with Gasteiger partial charge in [-0.15, -0.1) is 11.8 Å². The lowest BCUT2D eigenvalue weighted by Crippen LogP contribution is -2.11. The number of hydrogen-bond acceptors (Lipinski definition) is 3. The number of ether oxygens (including phenoxy) is 1. The number of thioether (sulfide) groups is 1. The van der Waals surface area contributed by atoms with E-state index in [1.54, 1.807) is 23.9 Å². The molecule has 0 spiro atoms. The van der Waals surface area contributed by atoms with Crippen LogP contribution in [-0.2, 0) is 6.61 Å². The lowest BCUT2D eigenvalue weighted by molar-refractivity contribution is 0.250. The van der Waals surface area contributed by atoms with Gasteiger partial charge < -0.3 is 9.84 Å². The minimum atomic E-state index is -0.421. The van der Waals surface area contributed by atoms with Crippen LogP contribution in [0.2, 0.25) is 0 Å². The monoisotopic (exact) mass is 290 g/mol. The van der Waals surface area contributed by atoms with Crippen LogP contribution in [0.5, 0.6) is 5.75 Å². The van der Waals surface area contributed by atoms with E-state index < -0.39 is 5.82 Å². The van der Waals surface area contributed by atoms with Gasteiger partial charge in [0.05, 0.1) is 13.2 Å². The van der Waals surface area contributed by atoms with E-state index in [-0.39, 0.29) is 18.3 Å². The fraction of sp³-hybridized carbons (Fsp3) is 0.250. The van der Waals surface area contributed by atoms with Crippen molar-refractivity contribution >= 4 is 11.8 Å². The zero-order valence-corrected chi connectivity index (χ0v) is 11.7. The molecule has 2 aromatic rings. The van der Waals surface area contributed by atoms with Crippen LogP contribution in [0.4, 0.5) is 4.39 Å². The topological polar surface area (TPSA) is 29.5 Å². The van der Waals surface area contributed by atoms with Crippen LogP contribution in [-0.4, -0.2) is 17.5 Å². The molecule has 0 amide bonds. The van der Waals surface area contributed by atoms with Gasteiger partial charge in [-0.25, -0.2) is 4.39 Å². The molecule has 1 aliphatic rings. The summed E-state index contributed by atoms with van der Waals surface area (Å²) in [4.78, 5) is 1.28. The summed E-state index contributed by atoms with van der Waals surface area (Å²) in [6.07, 6.45) is 0. The highest BCUT2D eigenvalue weighted by Crippen LogP contribution is 2.39. The predicted octanol–water partition coefficient (Wildman–Crippen LogP) is 3.59. The van der Waals surface area contributed by atoms with Crippen LogP contribution in [0.25, 0.3) is 0 Å². The summed E-state index contributed by atoms with van der Waals surface area (Å²) in [5.41, 5.74) is 1.75. The average molecular weight is 290 g/mol. The van der Waals surface area contributed by atoms with Crippen LogP contribution in [0.1, 0.15) is 17.0 Å². The van der Waals surface area contributed by atoms with Gasteiger partial charge in [0, 0.05) is 22.1 Å². The van der Waals surface area contributed by atoms with E-state index >= 15 is 0 Å². The number of aliphatic hydroxyl groups excluding tert-OH is 1. The smallest absolute Gasteiger partial charge is 0.165 e. The highest BCUT2D eigenvalue weighted by Gasteiger charge is 2.24. The van der Waals surface area contributed by atoms with E-state index in [9.17, 15) is 9.50 Å². The molecule has 0 saturated carbocycles. The summed E-state index contributed by atoms with van der Waals surface area (Å²) in [6, 6.07) is 12.8. The molecule has 0 aliphatic carbocycles. The van der Waals surface area contributed by atoms with Crippen molar-refractivity contribution in [2.24, 2.45) is 0 Å². The maximum Gasteiger partial charge on any atom is 0.165 e. The van der Waals surface area contributed by atoms with Crippen molar-refractivity contribution in [1.82, 2.24) is 0 Å². The number of hydrogen-bond donors (Lipinski definition) is 1. The molecule has 2 aromatic carbocycles. The Morgan fingerprint density at radius 2 is 2.05 bits per heavy atom. The molecule has 4 heteroatoms. The van der Waals surface area contributed by atoms with Crippen LogP contribution >= 0.6 is 11.8 Å². The highest BCUT2D eigenvalue weighted by atomic mass is 32.2. The highest BCUT2D eigenvalue weighted by molar-refractivity contribution is 7.99. The third-order valence-corrected chi connectivity index (χ3v) is 4.70. The van der Waals surface area contributed by atoms with Crippen molar-refractivity contribution in [2.45, 2.75) is 17.4 Å². The zero-order valence-electron chi connectivity index (χ0n) is 10.9. The van der Waals surface area contributed by atoms with Crippen molar-refractivity contribution in [3.05, 3.63) is 59.4 Å². The Morgan fingerprint density at radius 1 is 1.20 bits per heavy atom. The third kappa shape index (κ3) is 2.53. The molecule has 1 aliphatic heterocycles. The lowest BCUT2D eigenvalue weighted by Gasteiger charge is -2.15. The second-order valence-electron chi connectivity index (χ2n) is 4.74. The molecule has 1 atom stereocenters. The Labute approximate surface area is 121 Å². The fourth-order valence-electron chi connectivity index (χ4n) is 2.39. The van der Waals surface area contributed by atoms with Gasteiger partial charge in [-0.2, -0.15) is 0 Å². The molecular weight excluding hydrogens is 275 g/mol. The molecule has 0 fully saturated rings. The molecular formula is C16H15FO2S. The van der Waals surface area contributed by atoms with Gasteiger partial charge in [0.1, 0.15) is 0 Å². The van der Waals surface area contributed by atoms with E-state index in [4.69, 9.17) is 4.74 Å². The van der Waals surface area contributed by atoms with Gasteiger partial charge in [0.25, 0.3) is 0 Å². The molecule has 0 radical (unpaired) electrons. The van der Waals surface area contributed by atoms with Gasteiger partial charge in [-0.3, -0.25) is 0 Å². The van der Waals surface area contributed by atoms with E-state index in [0.29, 0.717) is 12.2 Å². The lowest BCUT2D eigenvalue weighted by atomic mass is 10.0. The Morgan fingerprint density at radius 3 is 2.90 bits per heavy atom. The largest absolute Gasteiger partial charge is 0.489 e. The maximum atomic E-state index is 13.8. The minimum absolute atomic E-state index is 0.171. The van der Waals surface area contributed by atoms with Crippen LogP contribution in [0, 0.1) is 5.82 Å². The van der Waals surface area contributed by atoms with Crippen LogP contribution in [0.15, 0.2) is 47.4 Å². The SMILES string of the molecule is OCc1cccc(F)c1OCC1CSc2ccccc21. The number of halogens is 1. The van der Waals surface area contributed by atoms with Crippen molar-refractivity contribution in [3.8, 4) is 5.75 Å². The van der Waals surface area contributed by atoms with Crippen molar-refractivity contribution in [1.29, 1.82) is 0 Å². The number of benzene rings is 2. The summed E-state index contributed by atoms with van der Waals surface area (Å²) >= 11 is 1.80. The first-order chi connectivity index (χ1) is 9.79. The van der Waals surface area contributed by atoms with Crippen molar-refractivity contribution in [3.63, 3.8) is 0 Å².